The summed E-state index contributed by atoms with van der Waals surface area (Å²) in [7, 11) is 0. The quantitative estimate of drug-likeness (QED) is 0.323. The molecule has 3 rings (SSSR count). The van der Waals surface area contributed by atoms with Crippen molar-refractivity contribution in [1.82, 2.24) is 9.80 Å². The van der Waals surface area contributed by atoms with Crippen molar-refractivity contribution >= 4 is 33.7 Å². The van der Waals surface area contributed by atoms with E-state index >= 15 is 0 Å². The van der Waals surface area contributed by atoms with Gasteiger partial charge in [0.15, 0.2) is 0 Å². The lowest BCUT2D eigenvalue weighted by molar-refractivity contribution is -0.156. The van der Waals surface area contributed by atoms with Crippen molar-refractivity contribution in [3.8, 4) is 0 Å². The number of aliphatic hydroxyl groups excluding tert-OH is 1. The van der Waals surface area contributed by atoms with Gasteiger partial charge < -0.3 is 24.4 Å². The van der Waals surface area contributed by atoms with E-state index in [2.05, 4.69) is 22.5 Å². The first kappa shape index (κ1) is 24.2. The smallest absolute Gasteiger partial charge is 0.312 e. The molecular formula is C22H33BrN2O6. The molecule has 1 spiro atoms. The van der Waals surface area contributed by atoms with Crippen LogP contribution in [0.2, 0.25) is 0 Å². The molecule has 3 heterocycles. The minimum Gasteiger partial charge on any atom is -0.466 e. The van der Waals surface area contributed by atoms with E-state index in [1.54, 1.807) is 24.8 Å². The molecule has 3 aliphatic rings. The normalized spacial score (nSPS) is 35.1. The van der Waals surface area contributed by atoms with E-state index in [1.807, 2.05) is 20.8 Å². The number of nitrogens with zero attached hydrogens (tertiary/aromatic N) is 2. The lowest BCUT2D eigenvalue weighted by atomic mass is 9.70. The minimum atomic E-state index is -1.15. The van der Waals surface area contributed by atoms with Crippen LogP contribution in [0.5, 0.6) is 0 Å². The Morgan fingerprint density at radius 2 is 2.13 bits per heavy atom. The molecule has 0 radical (unpaired) electrons. The van der Waals surface area contributed by atoms with Gasteiger partial charge in [-0.15, -0.1) is 6.58 Å². The van der Waals surface area contributed by atoms with Crippen LogP contribution in [0, 0.1) is 11.8 Å². The second-order valence-electron chi connectivity index (χ2n) is 9.60. The third kappa shape index (κ3) is 3.62. The zero-order valence-electron chi connectivity index (χ0n) is 18.8. The molecule has 31 heavy (non-hydrogen) atoms. The summed E-state index contributed by atoms with van der Waals surface area (Å²) in [5.74, 6) is -2.71. The Hall–Kier alpha value is -1.45. The molecule has 7 atom stereocenters. The Morgan fingerprint density at radius 3 is 2.65 bits per heavy atom. The first-order valence-electron chi connectivity index (χ1n) is 10.8. The predicted molar refractivity (Wildman–Crippen MR) is 117 cm³/mol. The Bertz CT molecular complexity index is 768. The largest absolute Gasteiger partial charge is 0.466 e. The van der Waals surface area contributed by atoms with Crippen molar-refractivity contribution in [3.63, 3.8) is 0 Å². The highest BCUT2D eigenvalue weighted by Gasteiger charge is 2.77. The van der Waals surface area contributed by atoms with Gasteiger partial charge in [-0.25, -0.2) is 0 Å². The maximum Gasteiger partial charge on any atom is 0.312 e. The number of ether oxygens (including phenoxy) is 2. The molecule has 1 N–H and O–H groups in total. The number of hydrogen-bond acceptors (Lipinski definition) is 6. The summed E-state index contributed by atoms with van der Waals surface area (Å²) >= 11 is 3.61. The zero-order valence-corrected chi connectivity index (χ0v) is 20.4. The third-order valence-electron chi connectivity index (χ3n) is 6.65. The third-order valence-corrected chi connectivity index (χ3v) is 7.49. The topological polar surface area (TPSA) is 96.4 Å². The van der Waals surface area contributed by atoms with Crippen LogP contribution in [0.25, 0.3) is 0 Å². The summed E-state index contributed by atoms with van der Waals surface area (Å²) in [4.78, 5) is 43.4. The van der Waals surface area contributed by atoms with E-state index in [1.165, 1.54) is 4.90 Å². The van der Waals surface area contributed by atoms with Crippen LogP contribution < -0.4 is 0 Å². The van der Waals surface area contributed by atoms with E-state index in [-0.39, 0.29) is 29.9 Å². The van der Waals surface area contributed by atoms with E-state index in [0.29, 0.717) is 13.0 Å². The first-order valence-corrected chi connectivity index (χ1v) is 11.7. The molecular weight excluding hydrogens is 468 g/mol. The maximum absolute atomic E-state index is 14.0. The molecule has 1 unspecified atom stereocenters. The van der Waals surface area contributed by atoms with Crippen LogP contribution in [0.1, 0.15) is 41.0 Å². The molecule has 2 amide bonds. The average Bonchev–Trinajstić information content (AvgIpc) is 3.27. The Morgan fingerprint density at radius 1 is 1.48 bits per heavy atom. The number of carbonyl (C=O) groups excluding carboxylic acids is 3. The number of rotatable bonds is 7. The van der Waals surface area contributed by atoms with Gasteiger partial charge in [-0.3, -0.25) is 14.4 Å². The highest BCUT2D eigenvalue weighted by molar-refractivity contribution is 9.09. The van der Waals surface area contributed by atoms with Gasteiger partial charge in [0.2, 0.25) is 11.8 Å². The summed E-state index contributed by atoms with van der Waals surface area (Å²) in [6.45, 7) is 13.1. The van der Waals surface area contributed by atoms with Gasteiger partial charge in [0.1, 0.15) is 11.6 Å². The summed E-state index contributed by atoms with van der Waals surface area (Å²) < 4.78 is 11.7. The number of hydrogen-bond donors (Lipinski definition) is 1. The molecule has 8 nitrogen and oxygen atoms in total. The van der Waals surface area contributed by atoms with E-state index in [4.69, 9.17) is 9.47 Å². The molecule has 3 saturated heterocycles. The summed E-state index contributed by atoms with van der Waals surface area (Å²) in [6, 6.07) is -1.55. The molecule has 9 heteroatoms. The van der Waals surface area contributed by atoms with Crippen LogP contribution in [0.15, 0.2) is 12.7 Å². The van der Waals surface area contributed by atoms with Crippen LogP contribution in [0.4, 0.5) is 0 Å². The second-order valence-corrected chi connectivity index (χ2v) is 10.8. The van der Waals surface area contributed by atoms with Crippen molar-refractivity contribution in [2.24, 2.45) is 11.8 Å². The SMILES string of the molecule is C=CCN(C(=O)[C@H]1N([C@H](C)CO)C(=O)[C@@H]2[C@@H](C(=O)OCC)[C@@H]3O[C@@]21CC3Br)C(C)(C)C. The Labute approximate surface area is 192 Å². The highest BCUT2D eigenvalue weighted by atomic mass is 79.9. The minimum absolute atomic E-state index is 0.187. The average molecular weight is 501 g/mol. The van der Waals surface area contributed by atoms with Gasteiger partial charge >= 0.3 is 5.97 Å². The summed E-state index contributed by atoms with van der Waals surface area (Å²) in [5, 5.41) is 9.88. The molecule has 0 saturated carbocycles. The lowest BCUT2D eigenvalue weighted by Gasteiger charge is -2.43. The fourth-order valence-electron chi connectivity index (χ4n) is 5.39. The van der Waals surface area contributed by atoms with Crippen molar-refractivity contribution in [2.45, 2.75) is 75.2 Å². The van der Waals surface area contributed by atoms with Crippen molar-refractivity contribution < 1.29 is 29.0 Å². The van der Waals surface area contributed by atoms with Crippen molar-refractivity contribution in [3.05, 3.63) is 12.7 Å². The number of amides is 2. The fourth-order valence-corrected chi connectivity index (χ4v) is 6.33. The summed E-state index contributed by atoms with van der Waals surface area (Å²) in [6.07, 6.45) is 1.52. The number of halogens is 1. The number of carbonyl (C=O) groups is 3. The monoisotopic (exact) mass is 500 g/mol. The van der Waals surface area contributed by atoms with Gasteiger partial charge in [0.05, 0.1) is 37.2 Å². The molecule has 174 valence electrons. The maximum atomic E-state index is 14.0. The Kier molecular flexibility index (Phi) is 6.62. The van der Waals surface area contributed by atoms with Gasteiger partial charge in [0, 0.05) is 16.9 Å². The molecule has 0 aromatic carbocycles. The van der Waals surface area contributed by atoms with Crippen LogP contribution in [0.3, 0.4) is 0 Å². The number of likely N-dealkylation sites (tertiary alicyclic amines) is 1. The van der Waals surface area contributed by atoms with Gasteiger partial charge in [0.25, 0.3) is 0 Å². The van der Waals surface area contributed by atoms with Crippen molar-refractivity contribution in [1.29, 1.82) is 0 Å². The van der Waals surface area contributed by atoms with E-state index in [9.17, 15) is 19.5 Å². The number of esters is 1. The fraction of sp³-hybridized carbons (Fsp3) is 0.773. The molecule has 0 aromatic heterocycles. The number of aliphatic hydroxyl groups is 1. The second kappa shape index (κ2) is 8.48. The van der Waals surface area contributed by atoms with Gasteiger partial charge in [-0.2, -0.15) is 0 Å². The summed E-state index contributed by atoms with van der Waals surface area (Å²) in [5.41, 5.74) is -1.68. The molecule has 3 fully saturated rings. The molecule has 0 aromatic rings. The number of alkyl halides is 1. The Balaban J connectivity index is 2.13. The highest BCUT2D eigenvalue weighted by Crippen LogP contribution is 2.60. The molecule has 0 aliphatic carbocycles. The van der Waals surface area contributed by atoms with Crippen LogP contribution in [-0.4, -0.2) is 86.6 Å². The van der Waals surface area contributed by atoms with Crippen LogP contribution >= 0.6 is 15.9 Å². The first-order chi connectivity index (χ1) is 14.5. The molecule has 2 bridgehead atoms. The van der Waals surface area contributed by atoms with Crippen molar-refractivity contribution in [2.75, 3.05) is 19.8 Å². The molecule has 3 aliphatic heterocycles. The standard InChI is InChI=1S/C22H33BrN2O6/c1-7-9-24(21(4,5)6)19(28)17-22-10-13(23)16(31-22)14(20(29)30-8-2)15(22)18(27)25(17)12(3)11-26/h7,12-17,26H,1,8-11H2,2-6H3/t12-,13?,14-,15+,16-,17-,22+/m1/s1. The van der Waals surface area contributed by atoms with Gasteiger partial charge in [-0.05, 0) is 41.0 Å². The predicted octanol–water partition coefficient (Wildman–Crippen LogP) is 1.49. The van der Waals surface area contributed by atoms with E-state index < -0.39 is 47.1 Å². The van der Waals surface area contributed by atoms with E-state index in [0.717, 1.165) is 0 Å². The van der Waals surface area contributed by atoms with Crippen LogP contribution in [-0.2, 0) is 23.9 Å². The zero-order chi connectivity index (χ0) is 23.3. The van der Waals surface area contributed by atoms with Gasteiger partial charge in [-0.1, -0.05) is 22.0 Å². The lowest BCUT2D eigenvalue weighted by Crippen LogP contribution is -2.61. The number of fused-ring (bicyclic) bond motifs is 1.